The van der Waals surface area contributed by atoms with Gasteiger partial charge in [0.2, 0.25) is 5.43 Å². The Morgan fingerprint density at radius 3 is 2.68 bits per heavy atom. The Labute approximate surface area is 136 Å². The molecule has 1 fully saturated rings. The van der Waals surface area contributed by atoms with E-state index in [-0.39, 0.29) is 27.9 Å². The summed E-state index contributed by atoms with van der Waals surface area (Å²) in [6.07, 6.45) is 5.64. The summed E-state index contributed by atoms with van der Waals surface area (Å²) in [5.41, 5.74) is 0.929. The van der Waals surface area contributed by atoms with Crippen molar-refractivity contribution in [1.82, 2.24) is 4.57 Å². The fraction of sp³-hybridized carbons (Fsp3) is 0.375. The van der Waals surface area contributed by atoms with E-state index in [1.165, 1.54) is 6.20 Å². The third-order valence-corrected chi connectivity index (χ3v) is 5.54. The minimum Gasteiger partial charge on any atom is -0.477 e. The second kappa shape index (κ2) is 4.74. The number of carboxylic acid groups (broad SMARTS) is 1. The summed E-state index contributed by atoms with van der Waals surface area (Å²) < 4.78 is 1.93. The summed E-state index contributed by atoms with van der Waals surface area (Å²) in [4.78, 5) is 23.9. The number of hydrogen-bond donors (Lipinski definition) is 1. The maximum atomic E-state index is 12.5. The quantitative estimate of drug-likeness (QED) is 0.847. The Morgan fingerprint density at radius 2 is 1.95 bits per heavy atom. The molecule has 1 aromatic heterocycles. The van der Waals surface area contributed by atoms with E-state index in [2.05, 4.69) is 0 Å². The minimum atomic E-state index is -1.22. The third kappa shape index (κ3) is 1.71. The van der Waals surface area contributed by atoms with E-state index >= 15 is 0 Å². The van der Waals surface area contributed by atoms with Gasteiger partial charge in [-0.3, -0.25) is 4.79 Å². The predicted molar refractivity (Wildman–Crippen MR) is 85.4 cm³/mol. The van der Waals surface area contributed by atoms with E-state index < -0.39 is 11.4 Å². The largest absolute Gasteiger partial charge is 0.477 e. The van der Waals surface area contributed by atoms with Crippen LogP contribution in [0.5, 0.6) is 0 Å². The first-order chi connectivity index (χ1) is 10.5. The van der Waals surface area contributed by atoms with Crippen molar-refractivity contribution in [3.63, 3.8) is 0 Å². The van der Waals surface area contributed by atoms with Gasteiger partial charge in [-0.15, -0.1) is 0 Å². The first-order valence-electron chi connectivity index (χ1n) is 7.30. The lowest BCUT2D eigenvalue weighted by Crippen LogP contribution is -2.21. The van der Waals surface area contributed by atoms with Crippen molar-refractivity contribution in [3.05, 3.63) is 43.7 Å². The van der Waals surface area contributed by atoms with Gasteiger partial charge < -0.3 is 9.67 Å². The molecule has 0 spiro atoms. The molecule has 2 heterocycles. The van der Waals surface area contributed by atoms with Crippen molar-refractivity contribution in [3.8, 4) is 0 Å². The molecular formula is C16H13Cl2NO3. The first-order valence-corrected chi connectivity index (χ1v) is 8.06. The number of hydrogen-bond acceptors (Lipinski definition) is 2. The summed E-state index contributed by atoms with van der Waals surface area (Å²) >= 11 is 12.6. The number of nitrogens with zero attached hydrogens (tertiary/aromatic N) is 1. The molecule has 1 saturated carbocycles. The number of carboxylic acids is 1. The number of aromatic carboxylic acids is 1. The van der Waals surface area contributed by atoms with Crippen LogP contribution in [0.1, 0.15) is 53.6 Å². The predicted octanol–water partition coefficient (Wildman–Crippen LogP) is 4.22. The molecule has 114 valence electrons. The molecule has 4 nitrogen and oxygen atoms in total. The number of aromatic nitrogens is 1. The lowest BCUT2D eigenvalue weighted by atomic mass is 9.82. The van der Waals surface area contributed by atoms with E-state index in [4.69, 9.17) is 23.2 Å². The van der Waals surface area contributed by atoms with Gasteiger partial charge in [0.1, 0.15) is 5.56 Å². The molecule has 1 aliphatic carbocycles. The Morgan fingerprint density at radius 1 is 1.23 bits per heavy atom. The summed E-state index contributed by atoms with van der Waals surface area (Å²) in [5, 5.41) is 10.4. The maximum absolute atomic E-state index is 12.5. The lowest BCUT2D eigenvalue weighted by molar-refractivity contribution is 0.0694. The van der Waals surface area contributed by atoms with Crippen LogP contribution >= 0.6 is 23.2 Å². The van der Waals surface area contributed by atoms with Crippen LogP contribution in [0.25, 0.3) is 10.9 Å². The molecule has 0 bridgehead atoms. The van der Waals surface area contributed by atoms with Gasteiger partial charge in [-0.25, -0.2) is 4.79 Å². The molecule has 0 saturated heterocycles. The summed E-state index contributed by atoms with van der Waals surface area (Å²) in [6, 6.07) is 1.75. The number of benzene rings is 1. The third-order valence-electron chi connectivity index (χ3n) is 4.93. The van der Waals surface area contributed by atoms with Gasteiger partial charge in [0.15, 0.2) is 0 Å². The molecule has 22 heavy (non-hydrogen) atoms. The van der Waals surface area contributed by atoms with Gasteiger partial charge in [0.05, 0.1) is 15.9 Å². The molecule has 1 N–H and O–H groups in total. The Balaban J connectivity index is 2.19. The van der Waals surface area contributed by atoms with Crippen LogP contribution in [-0.2, 0) is 0 Å². The molecule has 4 rings (SSSR count). The van der Waals surface area contributed by atoms with Crippen LogP contribution in [0, 0.1) is 0 Å². The number of carbonyl (C=O) groups is 1. The van der Waals surface area contributed by atoms with E-state index in [1.807, 2.05) is 4.57 Å². The fourth-order valence-corrected chi connectivity index (χ4v) is 4.73. The molecule has 2 aromatic rings. The SMILES string of the molecule is O=C(O)c1cn2c3c(c(Cl)cc(Cl)c3c1=O)C1CCCCC12. The van der Waals surface area contributed by atoms with Crippen molar-refractivity contribution in [2.75, 3.05) is 0 Å². The fourth-order valence-electron chi connectivity index (χ4n) is 4.05. The van der Waals surface area contributed by atoms with Crippen molar-refractivity contribution in [2.45, 2.75) is 37.6 Å². The van der Waals surface area contributed by atoms with Crippen LogP contribution < -0.4 is 5.43 Å². The highest BCUT2D eigenvalue weighted by molar-refractivity contribution is 6.39. The minimum absolute atomic E-state index is 0.168. The van der Waals surface area contributed by atoms with Crippen molar-refractivity contribution < 1.29 is 9.90 Å². The topological polar surface area (TPSA) is 59.3 Å². The van der Waals surface area contributed by atoms with Crippen LogP contribution in [-0.4, -0.2) is 15.6 Å². The second-order valence-corrected chi connectivity index (χ2v) is 6.83. The van der Waals surface area contributed by atoms with Crippen LogP contribution in [0.2, 0.25) is 10.0 Å². The van der Waals surface area contributed by atoms with Crippen LogP contribution in [0.3, 0.4) is 0 Å². The van der Waals surface area contributed by atoms with E-state index in [0.717, 1.165) is 36.8 Å². The van der Waals surface area contributed by atoms with Crippen molar-refractivity contribution in [2.24, 2.45) is 0 Å². The number of pyridine rings is 1. The Kier molecular flexibility index (Phi) is 3.03. The smallest absolute Gasteiger partial charge is 0.341 e. The van der Waals surface area contributed by atoms with Crippen LogP contribution in [0.4, 0.5) is 0 Å². The average molecular weight is 338 g/mol. The van der Waals surface area contributed by atoms with Gasteiger partial charge in [0.25, 0.3) is 0 Å². The molecule has 1 aromatic carbocycles. The first kappa shape index (κ1) is 14.1. The monoisotopic (exact) mass is 337 g/mol. The van der Waals surface area contributed by atoms with Gasteiger partial charge in [-0.2, -0.15) is 0 Å². The standard InChI is InChI=1S/C16H13Cl2NO3/c17-9-5-10(18)13-14-12(9)7-3-1-2-4-11(7)19(14)6-8(15(13)20)16(21)22/h5-7,11H,1-4H2,(H,21,22). The molecule has 0 amide bonds. The molecular weight excluding hydrogens is 325 g/mol. The molecule has 6 heteroatoms. The molecule has 2 atom stereocenters. The highest BCUT2D eigenvalue weighted by atomic mass is 35.5. The zero-order chi connectivity index (χ0) is 15.6. The molecule has 0 radical (unpaired) electrons. The van der Waals surface area contributed by atoms with Gasteiger partial charge in [-0.1, -0.05) is 36.0 Å². The average Bonchev–Trinajstić information content (AvgIpc) is 2.79. The van der Waals surface area contributed by atoms with E-state index in [9.17, 15) is 14.7 Å². The van der Waals surface area contributed by atoms with E-state index in [0.29, 0.717) is 5.02 Å². The zero-order valence-corrected chi connectivity index (χ0v) is 13.1. The summed E-state index contributed by atoms with van der Waals surface area (Å²) in [5.74, 6) is -0.980. The molecule has 1 aliphatic heterocycles. The number of rotatable bonds is 1. The number of fused-ring (bicyclic) bond motifs is 3. The van der Waals surface area contributed by atoms with Crippen molar-refractivity contribution in [1.29, 1.82) is 0 Å². The maximum Gasteiger partial charge on any atom is 0.341 e. The zero-order valence-electron chi connectivity index (χ0n) is 11.6. The van der Waals surface area contributed by atoms with Gasteiger partial charge in [-0.05, 0) is 18.9 Å². The van der Waals surface area contributed by atoms with Gasteiger partial charge >= 0.3 is 5.97 Å². The molecule has 2 aliphatic rings. The number of halogens is 2. The lowest BCUT2D eigenvalue weighted by Gasteiger charge is -2.27. The summed E-state index contributed by atoms with van der Waals surface area (Å²) in [6.45, 7) is 0. The Hall–Kier alpha value is -1.52. The van der Waals surface area contributed by atoms with E-state index in [1.54, 1.807) is 6.07 Å². The van der Waals surface area contributed by atoms with Crippen LogP contribution in [0.15, 0.2) is 17.1 Å². The summed E-state index contributed by atoms with van der Waals surface area (Å²) in [7, 11) is 0. The Bertz CT molecular complexity index is 887. The molecule has 2 unspecified atom stereocenters. The highest BCUT2D eigenvalue weighted by Gasteiger charge is 2.39. The van der Waals surface area contributed by atoms with Gasteiger partial charge in [0, 0.05) is 28.7 Å². The normalized spacial score (nSPS) is 22.8. The second-order valence-electron chi connectivity index (χ2n) is 6.02. The van der Waals surface area contributed by atoms with Crippen molar-refractivity contribution >= 4 is 40.1 Å². The highest BCUT2D eigenvalue weighted by Crippen LogP contribution is 2.52.